The van der Waals surface area contributed by atoms with Gasteiger partial charge in [-0.05, 0) is 24.6 Å². The molecule has 27 heavy (non-hydrogen) atoms. The molecular formula is C22H20N4O. The van der Waals surface area contributed by atoms with Gasteiger partial charge < -0.3 is 4.52 Å². The van der Waals surface area contributed by atoms with Crippen molar-refractivity contribution in [2.24, 2.45) is 0 Å². The van der Waals surface area contributed by atoms with Crippen molar-refractivity contribution in [2.75, 3.05) is 13.1 Å². The Labute approximate surface area is 157 Å². The minimum atomic E-state index is 0.290. The van der Waals surface area contributed by atoms with E-state index in [0.29, 0.717) is 5.82 Å². The first-order chi connectivity index (χ1) is 13.4. The van der Waals surface area contributed by atoms with E-state index in [-0.39, 0.29) is 5.92 Å². The molecule has 0 spiro atoms. The molecule has 2 aromatic carbocycles. The average molecular weight is 356 g/mol. The second-order valence-electron chi connectivity index (χ2n) is 7.04. The predicted octanol–water partition coefficient (Wildman–Crippen LogP) is 4.27. The highest BCUT2D eigenvalue weighted by Gasteiger charge is 2.28. The van der Waals surface area contributed by atoms with Crippen molar-refractivity contribution in [3.05, 3.63) is 78.3 Å². The summed E-state index contributed by atoms with van der Waals surface area (Å²) in [6.45, 7) is 2.85. The number of hydrogen-bond acceptors (Lipinski definition) is 5. The van der Waals surface area contributed by atoms with Gasteiger partial charge in [0.1, 0.15) is 0 Å². The Morgan fingerprint density at radius 3 is 2.81 bits per heavy atom. The van der Waals surface area contributed by atoms with E-state index in [1.165, 1.54) is 10.9 Å². The van der Waals surface area contributed by atoms with Gasteiger partial charge in [0.05, 0.1) is 11.4 Å². The average Bonchev–Trinajstić information content (AvgIpc) is 3.39. The summed E-state index contributed by atoms with van der Waals surface area (Å²) in [5.41, 5.74) is 3.35. The Morgan fingerprint density at radius 1 is 1.00 bits per heavy atom. The van der Waals surface area contributed by atoms with E-state index in [1.807, 2.05) is 42.6 Å². The Balaban J connectivity index is 1.31. The highest BCUT2D eigenvalue weighted by Crippen LogP contribution is 2.29. The van der Waals surface area contributed by atoms with Crippen molar-refractivity contribution in [3.63, 3.8) is 0 Å². The van der Waals surface area contributed by atoms with E-state index >= 15 is 0 Å². The molecule has 0 bridgehead atoms. The summed E-state index contributed by atoms with van der Waals surface area (Å²) in [6.07, 6.45) is 2.90. The van der Waals surface area contributed by atoms with Crippen LogP contribution in [0.2, 0.25) is 0 Å². The Kier molecular flexibility index (Phi) is 4.14. The van der Waals surface area contributed by atoms with Crippen molar-refractivity contribution >= 4 is 10.9 Å². The molecule has 1 aliphatic rings. The van der Waals surface area contributed by atoms with Crippen LogP contribution in [0.15, 0.2) is 71.4 Å². The fourth-order valence-corrected chi connectivity index (χ4v) is 3.82. The van der Waals surface area contributed by atoms with Gasteiger partial charge in [0, 0.05) is 30.2 Å². The second kappa shape index (κ2) is 6.93. The van der Waals surface area contributed by atoms with Crippen LogP contribution in [0.4, 0.5) is 0 Å². The van der Waals surface area contributed by atoms with Gasteiger partial charge >= 0.3 is 0 Å². The highest BCUT2D eigenvalue weighted by molar-refractivity contribution is 5.81. The smallest absolute Gasteiger partial charge is 0.231 e. The highest BCUT2D eigenvalue weighted by atomic mass is 16.5. The Morgan fingerprint density at radius 2 is 1.89 bits per heavy atom. The molecule has 0 aliphatic carbocycles. The molecule has 1 atom stereocenters. The lowest BCUT2D eigenvalue weighted by atomic mass is 10.1. The molecular weight excluding hydrogens is 336 g/mol. The van der Waals surface area contributed by atoms with Crippen LogP contribution in [0, 0.1) is 0 Å². The maximum Gasteiger partial charge on any atom is 0.231 e. The summed E-state index contributed by atoms with van der Waals surface area (Å²) in [5.74, 6) is 1.70. The van der Waals surface area contributed by atoms with E-state index in [9.17, 15) is 0 Å². The zero-order valence-corrected chi connectivity index (χ0v) is 15.0. The molecule has 1 saturated heterocycles. The van der Waals surface area contributed by atoms with Gasteiger partial charge in [-0.25, -0.2) is 0 Å². The summed E-state index contributed by atoms with van der Waals surface area (Å²) in [4.78, 5) is 11.7. The number of benzene rings is 2. The van der Waals surface area contributed by atoms with E-state index in [1.54, 1.807) is 0 Å². The molecule has 4 aromatic rings. The summed E-state index contributed by atoms with van der Waals surface area (Å²) in [6, 6.07) is 20.5. The van der Waals surface area contributed by atoms with Crippen LogP contribution in [0.25, 0.3) is 22.3 Å². The summed E-state index contributed by atoms with van der Waals surface area (Å²) < 4.78 is 5.57. The molecule has 0 radical (unpaired) electrons. The number of fused-ring (bicyclic) bond motifs is 1. The van der Waals surface area contributed by atoms with Gasteiger partial charge in [-0.2, -0.15) is 4.98 Å². The first-order valence-corrected chi connectivity index (χ1v) is 9.31. The van der Waals surface area contributed by atoms with Crippen LogP contribution in [-0.4, -0.2) is 33.1 Å². The fourth-order valence-electron chi connectivity index (χ4n) is 3.82. The van der Waals surface area contributed by atoms with Gasteiger partial charge in [-0.15, -0.1) is 0 Å². The number of likely N-dealkylation sites (tertiary alicyclic amines) is 1. The molecule has 2 aromatic heterocycles. The zero-order chi connectivity index (χ0) is 18.1. The first-order valence-electron chi connectivity index (χ1n) is 9.31. The van der Waals surface area contributed by atoms with E-state index in [0.717, 1.165) is 43.0 Å². The number of pyridine rings is 1. The Bertz CT molecular complexity index is 1050. The third-order valence-electron chi connectivity index (χ3n) is 5.21. The lowest BCUT2D eigenvalue weighted by Gasteiger charge is -2.16. The lowest BCUT2D eigenvalue weighted by molar-refractivity contribution is 0.310. The third kappa shape index (κ3) is 3.22. The summed E-state index contributed by atoms with van der Waals surface area (Å²) in [7, 11) is 0. The van der Waals surface area contributed by atoms with Crippen molar-refractivity contribution in [3.8, 4) is 11.4 Å². The molecule has 5 heteroatoms. The summed E-state index contributed by atoms with van der Waals surface area (Å²) >= 11 is 0. The molecule has 1 aliphatic heterocycles. The van der Waals surface area contributed by atoms with Crippen LogP contribution >= 0.6 is 0 Å². The van der Waals surface area contributed by atoms with E-state index in [2.05, 4.69) is 44.3 Å². The SMILES string of the molecule is c1ccc(-c2noc([C@@H]3CCN(Cc4cccc5cccnc45)C3)n2)cc1. The minimum Gasteiger partial charge on any atom is -0.339 e. The fraction of sp³-hybridized carbons (Fsp3) is 0.227. The largest absolute Gasteiger partial charge is 0.339 e. The molecule has 0 amide bonds. The van der Waals surface area contributed by atoms with Crippen molar-refractivity contribution < 1.29 is 4.52 Å². The van der Waals surface area contributed by atoms with Gasteiger partial charge in [-0.1, -0.05) is 59.8 Å². The normalized spacial score (nSPS) is 17.6. The first kappa shape index (κ1) is 16.1. The molecule has 3 heterocycles. The van der Waals surface area contributed by atoms with Crippen molar-refractivity contribution in [2.45, 2.75) is 18.9 Å². The van der Waals surface area contributed by atoms with Gasteiger partial charge in [-0.3, -0.25) is 9.88 Å². The zero-order valence-electron chi connectivity index (χ0n) is 15.0. The lowest BCUT2D eigenvalue weighted by Crippen LogP contribution is -2.20. The minimum absolute atomic E-state index is 0.290. The van der Waals surface area contributed by atoms with Gasteiger partial charge in [0.25, 0.3) is 0 Å². The van der Waals surface area contributed by atoms with Crippen LogP contribution < -0.4 is 0 Å². The predicted molar refractivity (Wildman–Crippen MR) is 104 cm³/mol. The maximum absolute atomic E-state index is 5.57. The van der Waals surface area contributed by atoms with Crippen LogP contribution in [0.5, 0.6) is 0 Å². The quantitative estimate of drug-likeness (QED) is 0.546. The maximum atomic E-state index is 5.57. The van der Waals surface area contributed by atoms with Crippen LogP contribution in [0.1, 0.15) is 23.8 Å². The van der Waals surface area contributed by atoms with Crippen molar-refractivity contribution in [1.82, 2.24) is 20.0 Å². The van der Waals surface area contributed by atoms with Crippen molar-refractivity contribution in [1.29, 1.82) is 0 Å². The molecule has 5 nitrogen and oxygen atoms in total. The number of nitrogens with zero attached hydrogens (tertiary/aromatic N) is 4. The molecule has 0 unspecified atom stereocenters. The van der Waals surface area contributed by atoms with Crippen LogP contribution in [0.3, 0.4) is 0 Å². The summed E-state index contributed by atoms with van der Waals surface area (Å²) in [5, 5.41) is 5.36. The van der Waals surface area contributed by atoms with E-state index < -0.39 is 0 Å². The molecule has 5 rings (SSSR count). The topological polar surface area (TPSA) is 55.1 Å². The van der Waals surface area contributed by atoms with Gasteiger partial charge in [0.15, 0.2) is 0 Å². The third-order valence-corrected chi connectivity index (χ3v) is 5.21. The number of hydrogen-bond donors (Lipinski definition) is 0. The molecule has 0 saturated carbocycles. The number of aromatic nitrogens is 3. The molecule has 134 valence electrons. The monoisotopic (exact) mass is 356 g/mol. The van der Waals surface area contributed by atoms with Crippen LogP contribution in [-0.2, 0) is 6.54 Å². The molecule has 1 fully saturated rings. The van der Waals surface area contributed by atoms with Gasteiger partial charge in [0.2, 0.25) is 11.7 Å². The van der Waals surface area contributed by atoms with E-state index in [4.69, 9.17) is 4.52 Å². The number of rotatable bonds is 4. The standard InChI is InChI=1S/C22H20N4O/c1-2-6-17(7-3-1)21-24-22(27-25-21)19-11-13-26(15-19)14-18-9-4-8-16-10-5-12-23-20(16)18/h1-10,12,19H,11,13-15H2/t19-/m1/s1. The molecule has 0 N–H and O–H groups in total. The Hall–Kier alpha value is -3.05. The number of para-hydroxylation sites is 1. The second-order valence-corrected chi connectivity index (χ2v) is 7.04.